The number of sulfonamides is 1. The second-order valence-corrected chi connectivity index (χ2v) is 8.91. The molecule has 1 amide bonds. The van der Waals surface area contributed by atoms with Crippen LogP contribution in [-0.4, -0.2) is 40.2 Å². The zero-order valence-electron chi connectivity index (χ0n) is 16.1. The highest BCUT2D eigenvalue weighted by Gasteiger charge is 2.24. The fourth-order valence-electron chi connectivity index (χ4n) is 3.30. The van der Waals surface area contributed by atoms with E-state index in [9.17, 15) is 22.0 Å². The lowest BCUT2D eigenvalue weighted by Crippen LogP contribution is -2.38. The number of piperidine rings is 1. The van der Waals surface area contributed by atoms with Crippen molar-refractivity contribution in [1.82, 2.24) is 0 Å². The van der Waals surface area contributed by atoms with E-state index in [1.54, 1.807) is 12.1 Å². The molecule has 2 aromatic carbocycles. The van der Waals surface area contributed by atoms with Crippen molar-refractivity contribution >= 4 is 33.0 Å². The number of halogens is 2. The van der Waals surface area contributed by atoms with Crippen LogP contribution in [0.2, 0.25) is 0 Å². The van der Waals surface area contributed by atoms with Gasteiger partial charge >= 0.3 is 0 Å². The molecule has 156 valence electrons. The standard InChI is InChI=1S/C20H23F2N3O3S/c1-29(27,28)25(19-10-5-15(21)13-18(19)22)14-20(26)23-16-6-8-17(9-7-16)24-11-3-2-4-12-24/h5-10,13H,2-4,11-12,14H2,1H3,(H,23,26). The van der Waals surface area contributed by atoms with Crippen LogP contribution in [0.4, 0.5) is 25.8 Å². The van der Waals surface area contributed by atoms with Gasteiger partial charge in [-0.25, -0.2) is 17.2 Å². The smallest absolute Gasteiger partial charge is 0.245 e. The van der Waals surface area contributed by atoms with Crippen molar-refractivity contribution in [2.24, 2.45) is 0 Å². The lowest BCUT2D eigenvalue weighted by Gasteiger charge is -2.29. The van der Waals surface area contributed by atoms with Crippen molar-refractivity contribution in [3.63, 3.8) is 0 Å². The number of carbonyl (C=O) groups is 1. The Bertz CT molecular complexity index is 975. The molecule has 0 saturated carbocycles. The lowest BCUT2D eigenvalue weighted by molar-refractivity contribution is -0.114. The molecule has 1 aliphatic heterocycles. The van der Waals surface area contributed by atoms with Gasteiger partial charge in [0.05, 0.1) is 11.9 Å². The van der Waals surface area contributed by atoms with Gasteiger partial charge in [-0.3, -0.25) is 9.10 Å². The largest absolute Gasteiger partial charge is 0.372 e. The van der Waals surface area contributed by atoms with Crippen molar-refractivity contribution in [2.75, 3.05) is 40.4 Å². The molecule has 0 bridgehead atoms. The Hall–Kier alpha value is -2.68. The van der Waals surface area contributed by atoms with Gasteiger partial charge in [0.2, 0.25) is 15.9 Å². The molecule has 9 heteroatoms. The normalized spacial score (nSPS) is 14.5. The summed E-state index contributed by atoms with van der Waals surface area (Å²) < 4.78 is 51.9. The van der Waals surface area contributed by atoms with E-state index in [-0.39, 0.29) is 5.69 Å². The summed E-state index contributed by atoms with van der Waals surface area (Å²) in [5, 5.41) is 2.62. The molecular formula is C20H23F2N3O3S. The van der Waals surface area contributed by atoms with Gasteiger partial charge in [-0.2, -0.15) is 0 Å². The highest BCUT2D eigenvalue weighted by molar-refractivity contribution is 7.92. The number of hydrogen-bond acceptors (Lipinski definition) is 4. The number of anilines is 3. The number of nitrogens with one attached hydrogen (secondary N) is 1. The Morgan fingerprint density at radius 2 is 1.72 bits per heavy atom. The quantitative estimate of drug-likeness (QED) is 0.774. The third kappa shape index (κ3) is 5.44. The summed E-state index contributed by atoms with van der Waals surface area (Å²) in [4.78, 5) is 14.7. The van der Waals surface area contributed by atoms with Crippen LogP contribution in [0.25, 0.3) is 0 Å². The molecule has 29 heavy (non-hydrogen) atoms. The molecule has 0 atom stereocenters. The third-order valence-electron chi connectivity index (χ3n) is 4.74. The van der Waals surface area contributed by atoms with Crippen LogP contribution in [0.15, 0.2) is 42.5 Å². The van der Waals surface area contributed by atoms with E-state index in [1.807, 2.05) is 12.1 Å². The second kappa shape index (κ2) is 8.77. The molecule has 0 aromatic heterocycles. The number of nitrogens with zero attached hydrogens (tertiary/aromatic N) is 2. The molecule has 1 N–H and O–H groups in total. The van der Waals surface area contributed by atoms with Crippen LogP contribution in [0.1, 0.15) is 19.3 Å². The lowest BCUT2D eigenvalue weighted by atomic mass is 10.1. The minimum atomic E-state index is -3.96. The average Bonchev–Trinajstić information content (AvgIpc) is 2.67. The van der Waals surface area contributed by atoms with Gasteiger partial charge in [0.25, 0.3) is 0 Å². The maximum absolute atomic E-state index is 14.0. The first kappa shape index (κ1) is 21.0. The predicted octanol–water partition coefficient (Wildman–Crippen LogP) is 3.36. The molecule has 0 spiro atoms. The molecular weight excluding hydrogens is 400 g/mol. The predicted molar refractivity (Wildman–Crippen MR) is 110 cm³/mol. The molecule has 1 fully saturated rings. The van der Waals surface area contributed by atoms with Crippen LogP contribution in [0.5, 0.6) is 0 Å². The highest BCUT2D eigenvalue weighted by atomic mass is 32.2. The van der Waals surface area contributed by atoms with Crippen LogP contribution >= 0.6 is 0 Å². The minimum Gasteiger partial charge on any atom is -0.372 e. The second-order valence-electron chi connectivity index (χ2n) is 7.01. The van der Waals surface area contributed by atoms with Crippen molar-refractivity contribution in [3.8, 4) is 0 Å². The van der Waals surface area contributed by atoms with Gasteiger partial charge in [-0.1, -0.05) is 0 Å². The van der Waals surface area contributed by atoms with Gasteiger partial charge in [0.15, 0.2) is 0 Å². The van der Waals surface area contributed by atoms with Gasteiger partial charge in [-0.15, -0.1) is 0 Å². The van der Waals surface area contributed by atoms with E-state index in [0.717, 1.165) is 50.0 Å². The molecule has 0 radical (unpaired) electrons. The highest BCUT2D eigenvalue weighted by Crippen LogP contribution is 2.24. The van der Waals surface area contributed by atoms with E-state index in [1.165, 1.54) is 6.42 Å². The summed E-state index contributed by atoms with van der Waals surface area (Å²) in [7, 11) is -3.96. The summed E-state index contributed by atoms with van der Waals surface area (Å²) in [6.45, 7) is 1.37. The van der Waals surface area contributed by atoms with Gasteiger partial charge in [-0.05, 0) is 55.7 Å². The van der Waals surface area contributed by atoms with Gasteiger partial charge in [0.1, 0.15) is 18.2 Å². The monoisotopic (exact) mass is 423 g/mol. The first-order chi connectivity index (χ1) is 13.7. The van der Waals surface area contributed by atoms with Crippen LogP contribution in [0.3, 0.4) is 0 Å². The summed E-state index contributed by atoms with van der Waals surface area (Å²) in [5.74, 6) is -2.53. The maximum Gasteiger partial charge on any atom is 0.245 e. The Kier molecular flexibility index (Phi) is 6.36. The minimum absolute atomic E-state index is 0.385. The van der Waals surface area contributed by atoms with Gasteiger partial charge in [0, 0.05) is 30.5 Å². The molecule has 0 aliphatic carbocycles. The number of benzene rings is 2. The van der Waals surface area contributed by atoms with Crippen LogP contribution in [0, 0.1) is 11.6 Å². The average molecular weight is 423 g/mol. The fraction of sp³-hybridized carbons (Fsp3) is 0.350. The zero-order valence-corrected chi connectivity index (χ0v) is 16.9. The number of hydrogen-bond donors (Lipinski definition) is 1. The molecule has 0 unspecified atom stereocenters. The molecule has 1 saturated heterocycles. The van der Waals surface area contributed by atoms with Gasteiger partial charge < -0.3 is 10.2 Å². The Morgan fingerprint density at radius 3 is 2.31 bits per heavy atom. The van der Waals surface area contributed by atoms with E-state index < -0.39 is 34.1 Å². The van der Waals surface area contributed by atoms with E-state index in [4.69, 9.17) is 0 Å². The van der Waals surface area contributed by atoms with Crippen molar-refractivity contribution < 1.29 is 22.0 Å². The molecule has 6 nitrogen and oxygen atoms in total. The first-order valence-corrected chi connectivity index (χ1v) is 11.2. The number of rotatable bonds is 6. The summed E-state index contributed by atoms with van der Waals surface area (Å²) in [6, 6.07) is 9.78. The molecule has 1 aliphatic rings. The van der Waals surface area contributed by atoms with Crippen LogP contribution in [-0.2, 0) is 14.8 Å². The SMILES string of the molecule is CS(=O)(=O)N(CC(=O)Nc1ccc(N2CCCCC2)cc1)c1ccc(F)cc1F. The molecule has 1 heterocycles. The topological polar surface area (TPSA) is 69.7 Å². The molecule has 3 rings (SSSR count). The van der Waals surface area contributed by atoms with Crippen LogP contribution < -0.4 is 14.5 Å². The maximum atomic E-state index is 14.0. The summed E-state index contributed by atoms with van der Waals surface area (Å²) >= 11 is 0. The molecule has 2 aromatic rings. The Balaban J connectivity index is 1.70. The van der Waals surface area contributed by atoms with E-state index in [2.05, 4.69) is 10.2 Å². The Labute approximate surface area is 169 Å². The number of amides is 1. The van der Waals surface area contributed by atoms with E-state index in [0.29, 0.717) is 16.1 Å². The summed E-state index contributed by atoms with van der Waals surface area (Å²) in [6.07, 6.45) is 4.39. The van der Waals surface area contributed by atoms with E-state index >= 15 is 0 Å². The van der Waals surface area contributed by atoms with Crippen molar-refractivity contribution in [1.29, 1.82) is 0 Å². The number of carbonyl (C=O) groups excluding carboxylic acids is 1. The first-order valence-electron chi connectivity index (χ1n) is 9.32. The summed E-state index contributed by atoms with van der Waals surface area (Å²) in [5.41, 5.74) is 1.18. The fourth-order valence-corrected chi connectivity index (χ4v) is 4.16. The Morgan fingerprint density at radius 1 is 1.07 bits per heavy atom. The van der Waals surface area contributed by atoms with Crippen molar-refractivity contribution in [2.45, 2.75) is 19.3 Å². The van der Waals surface area contributed by atoms with Crippen molar-refractivity contribution in [3.05, 3.63) is 54.1 Å². The zero-order chi connectivity index (χ0) is 21.0. The third-order valence-corrected chi connectivity index (χ3v) is 5.86.